The Morgan fingerprint density at radius 3 is 2.62 bits per heavy atom. The van der Waals surface area contributed by atoms with Crippen molar-refractivity contribution in [1.29, 1.82) is 5.26 Å². The molecule has 0 bridgehead atoms. The number of hydrogen-bond acceptors (Lipinski definition) is 4. The summed E-state index contributed by atoms with van der Waals surface area (Å²) in [6, 6.07) is 4.60. The van der Waals surface area contributed by atoms with E-state index in [1.165, 1.54) is 4.90 Å². The Hall–Kier alpha value is -2.27. The number of nitrogens with two attached hydrogens (primary N) is 1. The Bertz CT molecular complexity index is 551. The third-order valence-electron chi connectivity index (χ3n) is 2.90. The molecule has 8 heteroatoms. The molecule has 0 aliphatic carbocycles. The quantitative estimate of drug-likeness (QED) is 0.646. The summed E-state index contributed by atoms with van der Waals surface area (Å²) in [6.07, 6.45) is -4.45. The first kappa shape index (κ1) is 16.8. The van der Waals surface area contributed by atoms with Gasteiger partial charge >= 0.3 is 6.18 Å². The summed E-state index contributed by atoms with van der Waals surface area (Å²) in [6.45, 7) is 2.10. The summed E-state index contributed by atoms with van der Waals surface area (Å²) < 4.78 is 38.2. The third-order valence-corrected chi connectivity index (χ3v) is 2.90. The standard InChI is InChI=1S/C13H15F3N4O/c1-2-20(7-3-6-17)12(21)10-8-9(13(14,15)16)4-5-11(10)19-18/h4-5,8,19H,2-3,7,18H2,1H3. The van der Waals surface area contributed by atoms with E-state index in [4.69, 9.17) is 11.1 Å². The van der Waals surface area contributed by atoms with Crippen LogP contribution in [0.15, 0.2) is 18.2 Å². The average Bonchev–Trinajstić information content (AvgIpc) is 2.46. The normalized spacial score (nSPS) is 10.9. The molecular formula is C13H15F3N4O. The minimum atomic E-state index is -4.55. The van der Waals surface area contributed by atoms with Crippen LogP contribution in [-0.2, 0) is 6.18 Å². The van der Waals surface area contributed by atoms with Crippen LogP contribution in [0.25, 0.3) is 0 Å². The molecule has 0 saturated heterocycles. The molecule has 0 heterocycles. The number of hydrazine groups is 1. The lowest BCUT2D eigenvalue weighted by molar-refractivity contribution is -0.137. The summed E-state index contributed by atoms with van der Waals surface area (Å²) in [5.41, 5.74) is 1.21. The lowest BCUT2D eigenvalue weighted by Gasteiger charge is -2.21. The van der Waals surface area contributed by atoms with Crippen molar-refractivity contribution in [2.45, 2.75) is 19.5 Å². The van der Waals surface area contributed by atoms with Crippen LogP contribution >= 0.6 is 0 Å². The summed E-state index contributed by atoms with van der Waals surface area (Å²) in [5.74, 6) is 4.63. The zero-order chi connectivity index (χ0) is 16.0. The molecule has 0 aliphatic heterocycles. The van der Waals surface area contributed by atoms with E-state index >= 15 is 0 Å². The maximum atomic E-state index is 12.7. The molecule has 0 aliphatic rings. The summed E-state index contributed by atoms with van der Waals surface area (Å²) >= 11 is 0. The fraction of sp³-hybridized carbons (Fsp3) is 0.385. The highest BCUT2D eigenvalue weighted by Gasteiger charge is 2.32. The van der Waals surface area contributed by atoms with Crippen LogP contribution in [0.5, 0.6) is 0 Å². The number of benzene rings is 1. The number of anilines is 1. The zero-order valence-corrected chi connectivity index (χ0v) is 11.4. The first-order valence-electron chi connectivity index (χ1n) is 6.19. The SMILES string of the molecule is CCN(CCC#N)C(=O)c1cc(C(F)(F)F)ccc1NN. The molecule has 1 rings (SSSR count). The molecule has 5 nitrogen and oxygen atoms in total. The van der Waals surface area contributed by atoms with Crippen LogP contribution in [0.3, 0.4) is 0 Å². The fourth-order valence-electron chi connectivity index (χ4n) is 1.78. The molecule has 1 aromatic rings. The predicted octanol–water partition coefficient (Wildman–Crippen LogP) is 2.37. The summed E-state index contributed by atoms with van der Waals surface area (Å²) in [4.78, 5) is 13.6. The minimum Gasteiger partial charge on any atom is -0.338 e. The molecule has 0 spiro atoms. The van der Waals surface area contributed by atoms with Gasteiger partial charge in [-0.25, -0.2) is 0 Å². The molecule has 1 amide bonds. The van der Waals surface area contributed by atoms with Gasteiger partial charge in [-0.3, -0.25) is 10.6 Å². The maximum Gasteiger partial charge on any atom is 0.416 e. The highest BCUT2D eigenvalue weighted by Crippen LogP contribution is 2.32. The van der Waals surface area contributed by atoms with Crippen LogP contribution in [0.1, 0.15) is 29.3 Å². The number of carbonyl (C=O) groups excluding carboxylic acids is 1. The van der Waals surface area contributed by atoms with E-state index in [1.54, 1.807) is 6.92 Å². The molecule has 0 aromatic heterocycles. The lowest BCUT2D eigenvalue weighted by atomic mass is 10.1. The van der Waals surface area contributed by atoms with Crippen molar-refractivity contribution in [1.82, 2.24) is 4.90 Å². The van der Waals surface area contributed by atoms with Crippen LogP contribution < -0.4 is 11.3 Å². The van der Waals surface area contributed by atoms with Gasteiger partial charge in [0.15, 0.2) is 0 Å². The second-order valence-corrected chi connectivity index (χ2v) is 4.20. The van der Waals surface area contributed by atoms with E-state index in [9.17, 15) is 18.0 Å². The highest BCUT2D eigenvalue weighted by atomic mass is 19.4. The molecule has 0 atom stereocenters. The van der Waals surface area contributed by atoms with Gasteiger partial charge < -0.3 is 10.3 Å². The molecule has 0 radical (unpaired) electrons. The van der Waals surface area contributed by atoms with Gasteiger partial charge in [-0.1, -0.05) is 0 Å². The van der Waals surface area contributed by atoms with Gasteiger partial charge in [0.25, 0.3) is 5.91 Å². The Labute approximate surface area is 120 Å². The van der Waals surface area contributed by atoms with Crippen molar-refractivity contribution in [2.75, 3.05) is 18.5 Å². The van der Waals surface area contributed by atoms with Crippen molar-refractivity contribution in [2.24, 2.45) is 5.84 Å². The van der Waals surface area contributed by atoms with Crippen molar-refractivity contribution < 1.29 is 18.0 Å². The first-order chi connectivity index (χ1) is 9.85. The van der Waals surface area contributed by atoms with E-state index in [0.717, 1.165) is 18.2 Å². The number of nitrogen functional groups attached to an aromatic ring is 1. The smallest absolute Gasteiger partial charge is 0.338 e. The van der Waals surface area contributed by atoms with Crippen molar-refractivity contribution in [3.63, 3.8) is 0 Å². The number of rotatable bonds is 5. The van der Waals surface area contributed by atoms with E-state index in [-0.39, 0.29) is 30.8 Å². The molecular weight excluding hydrogens is 285 g/mol. The van der Waals surface area contributed by atoms with Crippen LogP contribution in [0, 0.1) is 11.3 Å². The second-order valence-electron chi connectivity index (χ2n) is 4.20. The van der Waals surface area contributed by atoms with Gasteiger partial charge in [0.1, 0.15) is 0 Å². The Kier molecular flexibility index (Phi) is 5.55. The highest BCUT2D eigenvalue weighted by molar-refractivity contribution is 5.99. The number of nitrogens with zero attached hydrogens (tertiary/aromatic N) is 2. The van der Waals surface area contributed by atoms with Crippen molar-refractivity contribution in [3.8, 4) is 6.07 Å². The Morgan fingerprint density at radius 2 is 2.14 bits per heavy atom. The fourth-order valence-corrected chi connectivity index (χ4v) is 1.78. The molecule has 0 unspecified atom stereocenters. The monoisotopic (exact) mass is 300 g/mol. The molecule has 0 fully saturated rings. The predicted molar refractivity (Wildman–Crippen MR) is 71.1 cm³/mol. The summed E-state index contributed by atoms with van der Waals surface area (Å²) in [5, 5.41) is 8.55. The molecule has 3 N–H and O–H groups in total. The largest absolute Gasteiger partial charge is 0.416 e. The average molecular weight is 300 g/mol. The number of amides is 1. The zero-order valence-electron chi connectivity index (χ0n) is 11.4. The summed E-state index contributed by atoms with van der Waals surface area (Å²) in [7, 11) is 0. The number of halogens is 3. The third kappa shape index (κ3) is 4.10. The van der Waals surface area contributed by atoms with Gasteiger partial charge in [-0.2, -0.15) is 18.4 Å². The van der Waals surface area contributed by atoms with Crippen LogP contribution in [0.4, 0.5) is 18.9 Å². The van der Waals surface area contributed by atoms with Crippen molar-refractivity contribution in [3.05, 3.63) is 29.3 Å². The topological polar surface area (TPSA) is 82.2 Å². The molecule has 1 aromatic carbocycles. The molecule has 114 valence electrons. The van der Waals surface area contributed by atoms with E-state index in [0.29, 0.717) is 0 Å². The number of alkyl halides is 3. The van der Waals surface area contributed by atoms with Gasteiger partial charge in [-0.05, 0) is 25.1 Å². The van der Waals surface area contributed by atoms with Gasteiger partial charge in [0.05, 0.1) is 29.3 Å². The lowest BCUT2D eigenvalue weighted by Crippen LogP contribution is -2.32. The Balaban J connectivity index is 3.19. The number of carbonyl (C=O) groups is 1. The van der Waals surface area contributed by atoms with E-state index in [1.807, 2.05) is 6.07 Å². The second kappa shape index (κ2) is 6.95. The Morgan fingerprint density at radius 1 is 1.48 bits per heavy atom. The number of hydrogen-bond donors (Lipinski definition) is 2. The van der Waals surface area contributed by atoms with Gasteiger partial charge in [-0.15, -0.1) is 0 Å². The van der Waals surface area contributed by atoms with Gasteiger partial charge in [0.2, 0.25) is 0 Å². The maximum absolute atomic E-state index is 12.7. The van der Waals surface area contributed by atoms with E-state index in [2.05, 4.69) is 5.43 Å². The number of nitrogens with one attached hydrogen (secondary N) is 1. The van der Waals surface area contributed by atoms with E-state index < -0.39 is 17.6 Å². The van der Waals surface area contributed by atoms with Gasteiger partial charge in [0, 0.05) is 13.1 Å². The molecule has 21 heavy (non-hydrogen) atoms. The minimum absolute atomic E-state index is 0.100. The van der Waals surface area contributed by atoms with Crippen LogP contribution in [-0.4, -0.2) is 23.9 Å². The van der Waals surface area contributed by atoms with Crippen molar-refractivity contribution >= 4 is 11.6 Å². The van der Waals surface area contributed by atoms with Crippen LogP contribution in [0.2, 0.25) is 0 Å². The first-order valence-corrected chi connectivity index (χ1v) is 6.19. The number of nitriles is 1. The molecule has 0 saturated carbocycles.